The number of nitrogens with two attached hydrogens (primary N) is 1. The van der Waals surface area contributed by atoms with Crippen LogP contribution in [0.1, 0.15) is 36.8 Å². The van der Waals surface area contributed by atoms with E-state index in [0.29, 0.717) is 32.2 Å². The number of aliphatic hydroxyl groups is 1. The first-order valence-electron chi connectivity index (χ1n) is 11.6. The van der Waals surface area contributed by atoms with Crippen molar-refractivity contribution >= 4 is 33.8 Å². The Morgan fingerprint density at radius 2 is 2.06 bits per heavy atom. The first-order valence-corrected chi connectivity index (χ1v) is 14.6. The van der Waals surface area contributed by atoms with Crippen molar-refractivity contribution in [1.82, 2.24) is 4.90 Å². The minimum atomic E-state index is -3.67. The van der Waals surface area contributed by atoms with E-state index in [9.17, 15) is 23.1 Å². The van der Waals surface area contributed by atoms with E-state index in [4.69, 9.17) is 15.0 Å². The van der Waals surface area contributed by atoms with Crippen LogP contribution in [-0.4, -0.2) is 84.5 Å². The van der Waals surface area contributed by atoms with E-state index < -0.39 is 16.2 Å². The van der Waals surface area contributed by atoms with E-state index in [1.54, 1.807) is 11.8 Å². The van der Waals surface area contributed by atoms with Crippen molar-refractivity contribution in [2.75, 3.05) is 37.5 Å². The largest absolute Gasteiger partial charge is 0.465 e. The molecule has 0 saturated carbocycles. The van der Waals surface area contributed by atoms with E-state index in [-0.39, 0.29) is 24.5 Å². The Morgan fingerprint density at radius 3 is 2.71 bits per heavy atom. The number of esters is 1. The minimum absolute atomic E-state index is 0.0703. The summed E-state index contributed by atoms with van der Waals surface area (Å²) in [6.45, 7) is 3.10. The molecule has 1 aliphatic rings. The van der Waals surface area contributed by atoms with Gasteiger partial charge in [0.2, 0.25) is 5.91 Å². The molecule has 2 rings (SSSR count). The number of ether oxygens (including phenoxy) is 1. The fourth-order valence-electron chi connectivity index (χ4n) is 3.47. The standard InChI is InChI=1S/C23H34N2O4S.CH4O3S/c1-18-5-4-6-19(15-18)16-21(26)9-7-20-8-10-22(27)25(20)11-14-30-13-3-2-12-29-23(28)17-24;1-5(2,3)4/h4-7,9,15,20-21,26H,2-3,8,10-14,16-17,24H2,1H3;1H3,(H,2,3,4)/b9-7+;/t20-,21+;/m0./s1. The summed E-state index contributed by atoms with van der Waals surface area (Å²) in [5.41, 5.74) is 7.48. The third kappa shape index (κ3) is 15.6. The van der Waals surface area contributed by atoms with Gasteiger partial charge in [-0.1, -0.05) is 42.0 Å². The van der Waals surface area contributed by atoms with Gasteiger partial charge in [0.25, 0.3) is 10.1 Å². The molecule has 0 aliphatic carbocycles. The highest BCUT2D eigenvalue weighted by Crippen LogP contribution is 2.21. The van der Waals surface area contributed by atoms with Gasteiger partial charge in [0.15, 0.2) is 0 Å². The highest BCUT2D eigenvalue weighted by Gasteiger charge is 2.28. The molecule has 1 aromatic carbocycles. The molecule has 4 N–H and O–H groups in total. The van der Waals surface area contributed by atoms with Crippen LogP contribution in [0.2, 0.25) is 0 Å². The Bertz CT molecular complexity index is 914. The quantitative estimate of drug-likeness (QED) is 0.151. The monoisotopic (exact) mass is 530 g/mol. The average molecular weight is 531 g/mol. The molecule has 0 unspecified atom stereocenters. The summed E-state index contributed by atoms with van der Waals surface area (Å²) in [5, 5.41) is 10.3. The molecule has 198 valence electrons. The number of rotatable bonds is 13. The highest BCUT2D eigenvalue weighted by molar-refractivity contribution is 7.99. The lowest BCUT2D eigenvalue weighted by atomic mass is 10.0. The third-order valence-corrected chi connectivity index (χ3v) is 6.10. The molecular formula is C24H38N2O7S2. The summed E-state index contributed by atoms with van der Waals surface area (Å²) >= 11 is 1.80. The number of thioether (sulfide) groups is 1. The van der Waals surface area contributed by atoms with Gasteiger partial charge in [-0.3, -0.25) is 14.1 Å². The number of hydrogen-bond donors (Lipinski definition) is 3. The molecule has 35 heavy (non-hydrogen) atoms. The zero-order valence-corrected chi connectivity index (χ0v) is 22.1. The minimum Gasteiger partial charge on any atom is -0.465 e. The van der Waals surface area contributed by atoms with Gasteiger partial charge in [-0.25, -0.2) is 0 Å². The highest BCUT2D eigenvalue weighted by atomic mass is 32.2. The molecule has 0 bridgehead atoms. The SMILES string of the molecule is CS(=O)(=O)O.Cc1cccc(C[C@H](O)/C=C/[C@H]2CCC(=O)N2CCSCCCCOC(=O)CN)c1. The number of carbonyl (C=O) groups excluding carboxylic acids is 2. The van der Waals surface area contributed by atoms with Crippen molar-refractivity contribution in [3.8, 4) is 0 Å². The van der Waals surface area contributed by atoms with Gasteiger partial charge in [0, 0.05) is 25.1 Å². The lowest BCUT2D eigenvalue weighted by molar-refractivity contribution is -0.142. The van der Waals surface area contributed by atoms with Gasteiger partial charge in [-0.15, -0.1) is 0 Å². The molecule has 1 fully saturated rings. The molecule has 0 spiro atoms. The predicted molar refractivity (Wildman–Crippen MR) is 139 cm³/mol. The first-order chi connectivity index (χ1) is 16.5. The van der Waals surface area contributed by atoms with Crippen molar-refractivity contribution in [2.45, 2.75) is 51.2 Å². The second kappa shape index (κ2) is 16.7. The van der Waals surface area contributed by atoms with Crippen molar-refractivity contribution < 1.29 is 32.4 Å². The number of benzene rings is 1. The topological polar surface area (TPSA) is 147 Å². The van der Waals surface area contributed by atoms with Crippen LogP contribution in [0.3, 0.4) is 0 Å². The predicted octanol–water partition coefficient (Wildman–Crippen LogP) is 1.96. The second-order valence-electron chi connectivity index (χ2n) is 8.32. The summed E-state index contributed by atoms with van der Waals surface area (Å²) in [6, 6.07) is 8.23. The molecule has 1 amide bonds. The Hall–Kier alpha value is -1.92. The van der Waals surface area contributed by atoms with Gasteiger partial charge in [0.1, 0.15) is 0 Å². The number of nitrogens with zero attached hydrogens (tertiary/aromatic N) is 1. The van der Waals surface area contributed by atoms with E-state index in [0.717, 1.165) is 36.3 Å². The van der Waals surface area contributed by atoms with Gasteiger partial charge >= 0.3 is 5.97 Å². The first kappa shape index (κ1) is 31.1. The Labute approximate surface area is 212 Å². The lowest BCUT2D eigenvalue weighted by Gasteiger charge is -2.22. The molecule has 0 aromatic heterocycles. The molecule has 9 nitrogen and oxygen atoms in total. The van der Waals surface area contributed by atoms with E-state index in [2.05, 4.69) is 6.07 Å². The van der Waals surface area contributed by atoms with Gasteiger partial charge in [0.05, 0.1) is 31.6 Å². The Balaban J connectivity index is 0.00000111. The molecule has 11 heteroatoms. The van der Waals surface area contributed by atoms with E-state index in [1.807, 2.05) is 42.2 Å². The zero-order valence-electron chi connectivity index (χ0n) is 20.5. The summed E-state index contributed by atoms with van der Waals surface area (Å²) in [7, 11) is -3.67. The average Bonchev–Trinajstić information content (AvgIpc) is 3.12. The summed E-state index contributed by atoms with van der Waals surface area (Å²) < 4.78 is 30.8. The summed E-state index contributed by atoms with van der Waals surface area (Å²) in [4.78, 5) is 25.1. The number of amides is 1. The van der Waals surface area contributed by atoms with Crippen LogP contribution < -0.4 is 5.73 Å². The van der Waals surface area contributed by atoms with E-state index in [1.165, 1.54) is 5.56 Å². The zero-order chi connectivity index (χ0) is 26.3. The van der Waals surface area contributed by atoms with Gasteiger partial charge in [-0.2, -0.15) is 20.2 Å². The van der Waals surface area contributed by atoms with E-state index >= 15 is 0 Å². The summed E-state index contributed by atoms with van der Waals surface area (Å²) in [5.74, 6) is 1.67. The number of hydrogen-bond acceptors (Lipinski definition) is 8. The molecule has 1 aromatic rings. The molecule has 1 saturated heterocycles. The Kier molecular flexibility index (Phi) is 14.8. The molecule has 2 atom stereocenters. The maximum atomic E-state index is 12.2. The number of aryl methyl sites for hydroxylation is 1. The number of likely N-dealkylation sites (tertiary alicyclic amines) is 1. The van der Waals surface area contributed by atoms with Crippen LogP contribution in [0.5, 0.6) is 0 Å². The van der Waals surface area contributed by atoms with Gasteiger partial charge < -0.3 is 20.5 Å². The summed E-state index contributed by atoms with van der Waals surface area (Å²) in [6.07, 6.45) is 7.73. The van der Waals surface area contributed by atoms with Crippen molar-refractivity contribution in [3.05, 3.63) is 47.5 Å². The van der Waals surface area contributed by atoms with Crippen LogP contribution in [0, 0.1) is 6.92 Å². The molecule has 1 heterocycles. The number of carbonyl (C=O) groups is 2. The smallest absolute Gasteiger partial charge is 0.319 e. The fraction of sp³-hybridized carbons (Fsp3) is 0.583. The van der Waals surface area contributed by atoms with Crippen LogP contribution in [0.25, 0.3) is 0 Å². The number of unbranched alkanes of at least 4 members (excludes halogenated alkanes) is 1. The molecular weight excluding hydrogens is 492 g/mol. The van der Waals surface area contributed by atoms with Crippen molar-refractivity contribution in [2.24, 2.45) is 5.73 Å². The van der Waals surface area contributed by atoms with Gasteiger partial charge in [-0.05, 0) is 37.5 Å². The van der Waals surface area contributed by atoms with Crippen LogP contribution in [0.15, 0.2) is 36.4 Å². The lowest BCUT2D eigenvalue weighted by Crippen LogP contribution is -2.34. The Morgan fingerprint density at radius 1 is 1.34 bits per heavy atom. The maximum Gasteiger partial charge on any atom is 0.319 e. The van der Waals surface area contributed by atoms with Crippen molar-refractivity contribution in [3.63, 3.8) is 0 Å². The van der Waals surface area contributed by atoms with Crippen LogP contribution in [-0.2, 0) is 30.9 Å². The second-order valence-corrected chi connectivity index (χ2v) is 11.0. The third-order valence-electron chi connectivity index (χ3n) is 5.05. The maximum absolute atomic E-state index is 12.2. The van der Waals surface area contributed by atoms with Crippen molar-refractivity contribution in [1.29, 1.82) is 0 Å². The number of aliphatic hydroxyl groups excluding tert-OH is 1. The molecule has 0 radical (unpaired) electrons. The van der Waals surface area contributed by atoms with Crippen LogP contribution in [0.4, 0.5) is 0 Å². The normalized spacial score (nSPS) is 16.8. The van der Waals surface area contributed by atoms with Crippen LogP contribution >= 0.6 is 11.8 Å². The fourth-order valence-corrected chi connectivity index (χ4v) is 4.41. The molecule has 1 aliphatic heterocycles.